The van der Waals surface area contributed by atoms with Crippen LogP contribution in [0.4, 0.5) is 0 Å². The maximum Gasteiger partial charge on any atom is 0.301 e. The Bertz CT molecular complexity index is 795. The summed E-state index contributed by atoms with van der Waals surface area (Å²) in [5, 5.41) is 11.1. The lowest BCUT2D eigenvalue weighted by Crippen LogP contribution is -2.49. The molecule has 2 fully saturated rings. The van der Waals surface area contributed by atoms with Crippen molar-refractivity contribution in [1.29, 1.82) is 0 Å². The zero-order chi connectivity index (χ0) is 21.9. The van der Waals surface area contributed by atoms with Crippen LogP contribution in [0, 0.1) is 6.92 Å². The summed E-state index contributed by atoms with van der Waals surface area (Å²) >= 11 is 3.61. The highest BCUT2D eigenvalue weighted by Crippen LogP contribution is 2.54. The van der Waals surface area contributed by atoms with Crippen LogP contribution in [0.15, 0.2) is 29.2 Å². The highest BCUT2D eigenvalue weighted by molar-refractivity contribution is 8.18. The van der Waals surface area contributed by atoms with Gasteiger partial charge in [-0.1, -0.05) is 24.6 Å². The third kappa shape index (κ3) is 5.36. The Kier molecular flexibility index (Phi) is 7.86. The first kappa shape index (κ1) is 24.4. The molecule has 0 aromatic heterocycles. The van der Waals surface area contributed by atoms with E-state index >= 15 is 0 Å². The second-order valence-corrected chi connectivity index (χ2v) is 12.6. The maximum absolute atomic E-state index is 12.8. The zero-order valence-electron chi connectivity index (χ0n) is 17.9. The van der Waals surface area contributed by atoms with Gasteiger partial charge in [-0.25, -0.2) is 4.18 Å². The number of rotatable bonds is 9. The summed E-state index contributed by atoms with van der Waals surface area (Å²) in [6.45, 7) is 6.36. The molecule has 0 bridgehead atoms. The van der Waals surface area contributed by atoms with Gasteiger partial charge in [-0.3, -0.25) is 0 Å². The first-order chi connectivity index (χ1) is 14.1. The fraction of sp³-hybridized carbons (Fsp3) is 0.714. The maximum atomic E-state index is 12.8. The predicted octanol–water partition coefficient (Wildman–Crippen LogP) is 4.30. The van der Waals surface area contributed by atoms with Gasteiger partial charge in [0.05, 0.1) is 27.8 Å². The molecule has 0 spiro atoms. The van der Waals surface area contributed by atoms with Crippen molar-refractivity contribution in [3.05, 3.63) is 29.8 Å². The zero-order valence-corrected chi connectivity index (χ0v) is 20.3. The second kappa shape index (κ2) is 9.68. The van der Waals surface area contributed by atoms with Crippen molar-refractivity contribution in [2.24, 2.45) is 0 Å². The number of hydrogen-bond acceptors (Lipinski definition) is 8. The average Bonchev–Trinajstić information content (AvgIpc) is 3.16. The molecule has 0 radical (unpaired) electrons. The normalized spacial score (nSPS) is 23.2. The second-order valence-electron chi connectivity index (χ2n) is 8.01. The molecular formula is C21H32O6S3. The molecule has 30 heavy (non-hydrogen) atoms. The van der Waals surface area contributed by atoms with Crippen LogP contribution in [0.2, 0.25) is 0 Å². The lowest BCUT2D eigenvalue weighted by atomic mass is 9.94. The average molecular weight is 477 g/mol. The Morgan fingerprint density at radius 1 is 1.13 bits per heavy atom. The molecule has 1 unspecified atom stereocenters. The van der Waals surface area contributed by atoms with E-state index in [-0.39, 0.29) is 28.6 Å². The van der Waals surface area contributed by atoms with Crippen molar-refractivity contribution < 1.29 is 27.2 Å². The van der Waals surface area contributed by atoms with E-state index < -0.39 is 21.7 Å². The number of hydrogen-bond donors (Lipinski definition) is 1. The Labute approximate surface area is 188 Å². The van der Waals surface area contributed by atoms with E-state index in [1.807, 2.05) is 44.3 Å². The summed E-state index contributed by atoms with van der Waals surface area (Å²) in [4.78, 5) is 0.0790. The minimum absolute atomic E-state index is 0.0790. The smallest absolute Gasteiger partial charge is 0.301 e. The number of benzene rings is 1. The van der Waals surface area contributed by atoms with Gasteiger partial charge in [-0.2, -0.15) is 8.42 Å². The van der Waals surface area contributed by atoms with Crippen LogP contribution >= 0.6 is 23.5 Å². The fourth-order valence-corrected chi connectivity index (χ4v) is 8.52. The summed E-state index contributed by atoms with van der Waals surface area (Å²) < 4.78 is 42.1. The summed E-state index contributed by atoms with van der Waals surface area (Å²) in [6, 6.07) is 6.51. The molecule has 0 aliphatic carbocycles. The highest BCUT2D eigenvalue weighted by atomic mass is 32.2. The van der Waals surface area contributed by atoms with Crippen LogP contribution in [-0.2, 0) is 23.8 Å². The lowest BCUT2D eigenvalue weighted by molar-refractivity contribution is -0.287. The lowest BCUT2D eigenvalue weighted by Gasteiger charge is -2.46. The molecule has 1 atom stereocenters. The van der Waals surface area contributed by atoms with Crippen molar-refractivity contribution in [3.8, 4) is 0 Å². The van der Waals surface area contributed by atoms with Gasteiger partial charge in [-0.05, 0) is 63.2 Å². The molecule has 6 nitrogen and oxygen atoms in total. The van der Waals surface area contributed by atoms with Crippen molar-refractivity contribution in [1.82, 2.24) is 0 Å². The predicted molar refractivity (Wildman–Crippen MR) is 121 cm³/mol. The van der Waals surface area contributed by atoms with Crippen LogP contribution in [-0.4, -0.2) is 53.9 Å². The monoisotopic (exact) mass is 476 g/mol. The van der Waals surface area contributed by atoms with Gasteiger partial charge < -0.3 is 14.6 Å². The molecule has 0 amide bonds. The minimum Gasteiger partial charge on any atom is -0.388 e. The Hall–Kier alpha value is -0.290. The van der Waals surface area contributed by atoms with E-state index in [2.05, 4.69) is 0 Å². The van der Waals surface area contributed by atoms with Crippen LogP contribution in [0.3, 0.4) is 0 Å². The summed E-state index contributed by atoms with van der Waals surface area (Å²) in [6.07, 6.45) is 3.39. The summed E-state index contributed by atoms with van der Waals surface area (Å²) in [5.41, 5.74) is 0.148. The standard InChI is InChI=1S/C21H32O6S3/c1-4-19(3,22)20(28-15-6-16-29-20)11-5-12-21(25-13-14-26-21)27-30(23,24)18-9-7-17(2)8-10-18/h7-10,22H,4-6,11-16H2,1-3H3. The van der Waals surface area contributed by atoms with Gasteiger partial charge in [0.1, 0.15) is 0 Å². The molecule has 2 saturated heterocycles. The van der Waals surface area contributed by atoms with Gasteiger partial charge in [0.15, 0.2) is 0 Å². The minimum atomic E-state index is -4.03. The summed E-state index contributed by atoms with van der Waals surface area (Å²) in [5.74, 6) is 0.423. The summed E-state index contributed by atoms with van der Waals surface area (Å²) in [7, 11) is -4.03. The van der Waals surface area contributed by atoms with Crippen molar-refractivity contribution in [2.75, 3.05) is 24.7 Å². The topological polar surface area (TPSA) is 82.1 Å². The van der Waals surface area contributed by atoms with E-state index in [1.54, 1.807) is 12.1 Å². The van der Waals surface area contributed by atoms with Gasteiger partial charge in [0.2, 0.25) is 0 Å². The Morgan fingerprint density at radius 3 is 2.30 bits per heavy atom. The van der Waals surface area contributed by atoms with Crippen molar-refractivity contribution in [3.63, 3.8) is 0 Å². The molecule has 1 aromatic carbocycles. The van der Waals surface area contributed by atoms with Gasteiger partial charge in [-0.15, -0.1) is 23.5 Å². The first-order valence-electron chi connectivity index (χ1n) is 10.4. The molecule has 3 rings (SSSR count). The largest absolute Gasteiger partial charge is 0.388 e. The third-order valence-electron chi connectivity index (χ3n) is 5.73. The molecule has 2 heterocycles. The molecule has 0 saturated carbocycles. The quantitative estimate of drug-likeness (QED) is 0.529. The van der Waals surface area contributed by atoms with Crippen LogP contribution in [0.1, 0.15) is 51.5 Å². The molecule has 2 aliphatic heterocycles. The highest BCUT2D eigenvalue weighted by Gasteiger charge is 2.49. The molecule has 2 aliphatic rings. The van der Waals surface area contributed by atoms with E-state index in [0.29, 0.717) is 19.3 Å². The molecular weight excluding hydrogens is 444 g/mol. The van der Waals surface area contributed by atoms with Crippen LogP contribution < -0.4 is 0 Å². The number of aliphatic hydroxyl groups is 1. The van der Waals surface area contributed by atoms with E-state index in [9.17, 15) is 13.5 Å². The Morgan fingerprint density at radius 2 is 1.73 bits per heavy atom. The molecule has 9 heteroatoms. The molecule has 170 valence electrons. The van der Waals surface area contributed by atoms with E-state index in [1.165, 1.54) is 12.1 Å². The first-order valence-corrected chi connectivity index (χ1v) is 13.8. The van der Waals surface area contributed by atoms with E-state index in [0.717, 1.165) is 23.5 Å². The van der Waals surface area contributed by atoms with Gasteiger partial charge in [0, 0.05) is 6.42 Å². The van der Waals surface area contributed by atoms with Crippen molar-refractivity contribution >= 4 is 33.6 Å². The number of ether oxygens (including phenoxy) is 2. The third-order valence-corrected chi connectivity index (χ3v) is 11.0. The number of aryl methyl sites for hydroxylation is 1. The van der Waals surface area contributed by atoms with Gasteiger partial charge in [0.25, 0.3) is 5.97 Å². The molecule has 1 aromatic rings. The number of thioether (sulfide) groups is 2. The van der Waals surface area contributed by atoms with E-state index in [4.69, 9.17) is 13.7 Å². The fourth-order valence-electron chi connectivity index (χ4n) is 3.70. The van der Waals surface area contributed by atoms with Crippen LogP contribution in [0.25, 0.3) is 0 Å². The Balaban J connectivity index is 1.71. The SMILES string of the molecule is CCC(C)(O)C1(CCCC2(OS(=O)(=O)c3ccc(C)cc3)OCCO2)SCCCS1. The van der Waals surface area contributed by atoms with Crippen LogP contribution in [0.5, 0.6) is 0 Å². The molecule has 1 N–H and O–H groups in total. The van der Waals surface area contributed by atoms with Crippen molar-refractivity contribution in [2.45, 2.75) is 73.4 Å². The van der Waals surface area contributed by atoms with Gasteiger partial charge >= 0.3 is 10.1 Å².